The number of anilines is 1. The van der Waals surface area contributed by atoms with Crippen molar-refractivity contribution in [3.8, 4) is 0 Å². The Bertz CT molecular complexity index is 628. The summed E-state index contributed by atoms with van der Waals surface area (Å²) in [6, 6.07) is 6.74. The van der Waals surface area contributed by atoms with Gasteiger partial charge in [-0.2, -0.15) is 5.10 Å². The standard InChI is InChI=1S/C15H21N5O/c1-19(2)15(21)20-7-5-12(6-8-20)17-13-4-3-11-10-16-18-14(11)9-13/h3-4,9-10,12,17H,5-8H2,1-2H3,(H,16,18). The predicted molar refractivity (Wildman–Crippen MR) is 83.4 cm³/mol. The van der Waals surface area contributed by atoms with Crippen LogP contribution in [0.25, 0.3) is 10.9 Å². The van der Waals surface area contributed by atoms with Gasteiger partial charge in [-0.25, -0.2) is 4.79 Å². The molecule has 2 heterocycles. The van der Waals surface area contributed by atoms with Gasteiger partial charge in [-0.05, 0) is 31.0 Å². The molecule has 0 saturated carbocycles. The molecule has 112 valence electrons. The molecule has 0 aliphatic carbocycles. The van der Waals surface area contributed by atoms with E-state index in [-0.39, 0.29) is 6.03 Å². The quantitative estimate of drug-likeness (QED) is 0.889. The van der Waals surface area contributed by atoms with Gasteiger partial charge < -0.3 is 15.1 Å². The summed E-state index contributed by atoms with van der Waals surface area (Å²) >= 11 is 0. The number of fused-ring (bicyclic) bond motifs is 1. The Morgan fingerprint density at radius 3 is 2.86 bits per heavy atom. The Morgan fingerprint density at radius 1 is 1.38 bits per heavy atom. The molecule has 1 saturated heterocycles. The van der Waals surface area contributed by atoms with Crippen LogP contribution in [0, 0.1) is 0 Å². The number of benzene rings is 1. The van der Waals surface area contributed by atoms with E-state index in [9.17, 15) is 4.79 Å². The maximum Gasteiger partial charge on any atom is 0.319 e. The van der Waals surface area contributed by atoms with Gasteiger partial charge >= 0.3 is 6.03 Å². The first-order chi connectivity index (χ1) is 10.1. The van der Waals surface area contributed by atoms with Crippen molar-refractivity contribution >= 4 is 22.6 Å². The van der Waals surface area contributed by atoms with E-state index >= 15 is 0 Å². The fourth-order valence-electron chi connectivity index (χ4n) is 2.76. The average Bonchev–Trinajstić information content (AvgIpc) is 2.95. The van der Waals surface area contributed by atoms with Gasteiger partial charge in [-0.3, -0.25) is 5.10 Å². The van der Waals surface area contributed by atoms with Crippen molar-refractivity contribution < 1.29 is 4.79 Å². The van der Waals surface area contributed by atoms with Gasteiger partial charge in [0.15, 0.2) is 0 Å². The van der Waals surface area contributed by atoms with Crippen LogP contribution < -0.4 is 5.32 Å². The number of nitrogens with zero attached hydrogens (tertiary/aromatic N) is 3. The highest BCUT2D eigenvalue weighted by atomic mass is 16.2. The lowest BCUT2D eigenvalue weighted by atomic mass is 10.0. The first-order valence-corrected chi connectivity index (χ1v) is 7.29. The number of aromatic nitrogens is 2. The zero-order chi connectivity index (χ0) is 14.8. The third-order valence-electron chi connectivity index (χ3n) is 3.96. The second-order valence-corrected chi connectivity index (χ2v) is 5.75. The maximum absolute atomic E-state index is 11.9. The monoisotopic (exact) mass is 287 g/mol. The molecule has 2 amide bonds. The molecule has 1 aromatic heterocycles. The zero-order valence-electron chi connectivity index (χ0n) is 12.5. The third kappa shape index (κ3) is 2.94. The van der Waals surface area contributed by atoms with Crippen molar-refractivity contribution in [2.24, 2.45) is 0 Å². The average molecular weight is 287 g/mol. The molecule has 1 aliphatic heterocycles. The molecular formula is C15H21N5O. The lowest BCUT2D eigenvalue weighted by molar-refractivity contribution is 0.158. The molecule has 6 nitrogen and oxygen atoms in total. The van der Waals surface area contributed by atoms with Crippen molar-refractivity contribution in [2.45, 2.75) is 18.9 Å². The number of likely N-dealkylation sites (tertiary alicyclic amines) is 1. The van der Waals surface area contributed by atoms with Crippen LogP contribution in [-0.2, 0) is 0 Å². The van der Waals surface area contributed by atoms with Crippen LogP contribution in [0.15, 0.2) is 24.4 Å². The number of carbonyl (C=O) groups excluding carboxylic acids is 1. The van der Waals surface area contributed by atoms with Crippen molar-refractivity contribution in [1.29, 1.82) is 0 Å². The van der Waals surface area contributed by atoms with E-state index in [0.717, 1.165) is 42.5 Å². The number of carbonyl (C=O) groups is 1. The van der Waals surface area contributed by atoms with Crippen molar-refractivity contribution in [3.63, 3.8) is 0 Å². The van der Waals surface area contributed by atoms with Crippen LogP contribution in [0.1, 0.15) is 12.8 Å². The van der Waals surface area contributed by atoms with E-state index in [1.54, 1.807) is 19.0 Å². The summed E-state index contributed by atoms with van der Waals surface area (Å²) < 4.78 is 0. The van der Waals surface area contributed by atoms with Crippen LogP contribution in [0.3, 0.4) is 0 Å². The Balaban J connectivity index is 1.58. The first kappa shape index (κ1) is 13.7. The predicted octanol–water partition coefficient (Wildman–Crippen LogP) is 2.12. The zero-order valence-corrected chi connectivity index (χ0v) is 12.5. The molecule has 0 unspecified atom stereocenters. The van der Waals surface area contributed by atoms with Crippen LogP contribution in [0.2, 0.25) is 0 Å². The molecule has 1 aromatic carbocycles. The lowest BCUT2D eigenvalue weighted by Crippen LogP contribution is -2.46. The third-order valence-corrected chi connectivity index (χ3v) is 3.96. The van der Waals surface area contributed by atoms with Crippen LogP contribution in [0.5, 0.6) is 0 Å². The van der Waals surface area contributed by atoms with Crippen molar-refractivity contribution in [3.05, 3.63) is 24.4 Å². The number of hydrogen-bond acceptors (Lipinski definition) is 3. The summed E-state index contributed by atoms with van der Waals surface area (Å²) in [5.41, 5.74) is 2.14. The molecule has 0 radical (unpaired) electrons. The Morgan fingerprint density at radius 2 is 2.14 bits per heavy atom. The van der Waals surface area contributed by atoms with E-state index in [1.165, 1.54) is 0 Å². The van der Waals surface area contributed by atoms with Gasteiger partial charge in [0.05, 0.1) is 11.7 Å². The van der Waals surface area contributed by atoms with E-state index in [1.807, 2.05) is 11.1 Å². The van der Waals surface area contributed by atoms with Crippen LogP contribution in [-0.4, -0.2) is 59.3 Å². The normalized spacial score (nSPS) is 16.2. The maximum atomic E-state index is 11.9. The first-order valence-electron chi connectivity index (χ1n) is 7.29. The molecule has 2 N–H and O–H groups in total. The second-order valence-electron chi connectivity index (χ2n) is 5.75. The Kier molecular flexibility index (Phi) is 3.68. The molecule has 1 fully saturated rings. The van der Waals surface area contributed by atoms with Crippen LogP contribution >= 0.6 is 0 Å². The summed E-state index contributed by atoms with van der Waals surface area (Å²) in [4.78, 5) is 15.5. The molecular weight excluding hydrogens is 266 g/mol. The van der Waals surface area contributed by atoms with Gasteiger partial charge in [0.25, 0.3) is 0 Å². The number of piperidine rings is 1. The van der Waals surface area contributed by atoms with Gasteiger partial charge in [-0.1, -0.05) is 0 Å². The minimum atomic E-state index is 0.104. The van der Waals surface area contributed by atoms with Gasteiger partial charge in [-0.15, -0.1) is 0 Å². The fraction of sp³-hybridized carbons (Fsp3) is 0.467. The largest absolute Gasteiger partial charge is 0.382 e. The second kappa shape index (κ2) is 5.63. The van der Waals surface area contributed by atoms with E-state index in [4.69, 9.17) is 0 Å². The van der Waals surface area contributed by atoms with Gasteiger partial charge in [0.1, 0.15) is 0 Å². The molecule has 3 rings (SSSR count). The van der Waals surface area contributed by atoms with Crippen molar-refractivity contribution in [2.75, 3.05) is 32.5 Å². The molecule has 1 aliphatic rings. The smallest absolute Gasteiger partial charge is 0.319 e. The summed E-state index contributed by atoms with van der Waals surface area (Å²) in [7, 11) is 3.60. The number of urea groups is 1. The van der Waals surface area contributed by atoms with Gasteiger partial charge in [0, 0.05) is 44.3 Å². The minimum Gasteiger partial charge on any atom is -0.382 e. The summed E-state index contributed by atoms with van der Waals surface area (Å²) in [6.45, 7) is 1.61. The Labute approximate surface area is 124 Å². The summed E-state index contributed by atoms with van der Waals surface area (Å²) in [5.74, 6) is 0. The van der Waals surface area contributed by atoms with Crippen molar-refractivity contribution in [1.82, 2.24) is 20.0 Å². The van der Waals surface area contributed by atoms with E-state index < -0.39 is 0 Å². The van der Waals surface area contributed by atoms with Crippen LogP contribution in [0.4, 0.5) is 10.5 Å². The number of aromatic amines is 1. The molecule has 0 spiro atoms. The highest BCUT2D eigenvalue weighted by Crippen LogP contribution is 2.20. The highest BCUT2D eigenvalue weighted by Gasteiger charge is 2.23. The minimum absolute atomic E-state index is 0.104. The number of rotatable bonds is 2. The van der Waals surface area contributed by atoms with Gasteiger partial charge in [0.2, 0.25) is 0 Å². The highest BCUT2D eigenvalue weighted by molar-refractivity contribution is 5.81. The topological polar surface area (TPSA) is 64.3 Å². The molecule has 0 atom stereocenters. The van der Waals surface area contributed by atoms with E-state index in [2.05, 4.69) is 33.7 Å². The molecule has 0 bridgehead atoms. The van der Waals surface area contributed by atoms with E-state index in [0.29, 0.717) is 6.04 Å². The molecule has 2 aromatic rings. The lowest BCUT2D eigenvalue weighted by Gasteiger charge is -2.34. The number of nitrogens with one attached hydrogen (secondary N) is 2. The fourth-order valence-corrected chi connectivity index (χ4v) is 2.76. The number of H-pyrrole nitrogens is 1. The molecule has 21 heavy (non-hydrogen) atoms. The summed E-state index contributed by atoms with van der Waals surface area (Å²) in [6.07, 6.45) is 3.77. The molecule has 6 heteroatoms. The Hall–Kier alpha value is -2.24. The summed E-state index contributed by atoms with van der Waals surface area (Å²) in [5, 5.41) is 11.7. The number of amides is 2. The number of hydrogen-bond donors (Lipinski definition) is 2. The SMILES string of the molecule is CN(C)C(=O)N1CCC(Nc2ccc3cn[nH]c3c2)CC1.